The van der Waals surface area contributed by atoms with E-state index in [2.05, 4.69) is 17.8 Å². The molecular formula is C12H15NO. The first-order valence-electron chi connectivity index (χ1n) is 4.34. The van der Waals surface area contributed by atoms with Gasteiger partial charge in [-0.1, -0.05) is 24.7 Å². The number of terminal acetylenes is 1. The molecule has 2 heteroatoms. The van der Waals surface area contributed by atoms with Crippen molar-refractivity contribution in [3.05, 3.63) is 36.1 Å². The maximum Gasteiger partial charge on any atom is 0.161 e. The molecule has 1 N–H and O–H groups in total. The Morgan fingerprint density at radius 3 is 2.71 bits per heavy atom. The van der Waals surface area contributed by atoms with Crippen molar-refractivity contribution in [2.24, 2.45) is 0 Å². The van der Waals surface area contributed by atoms with Crippen molar-refractivity contribution < 1.29 is 4.79 Å². The molecule has 0 unspecified atom stereocenters. The van der Waals surface area contributed by atoms with E-state index >= 15 is 0 Å². The minimum Gasteiger partial charge on any atom is -0.374 e. The smallest absolute Gasteiger partial charge is 0.161 e. The maximum absolute atomic E-state index is 11.2. The van der Waals surface area contributed by atoms with Crippen LogP contribution in [0.3, 0.4) is 0 Å². The number of allylic oxidation sites excluding steroid dienone is 4. The number of hydrogen-bond donors (Lipinski definition) is 1. The summed E-state index contributed by atoms with van der Waals surface area (Å²) in [7, 11) is 0. The monoisotopic (exact) mass is 189 g/mol. The zero-order chi connectivity index (χ0) is 11.0. The van der Waals surface area contributed by atoms with Gasteiger partial charge in [0, 0.05) is 11.3 Å². The van der Waals surface area contributed by atoms with Gasteiger partial charge < -0.3 is 5.32 Å². The largest absolute Gasteiger partial charge is 0.374 e. The highest BCUT2D eigenvalue weighted by Crippen LogP contribution is 2.05. The topological polar surface area (TPSA) is 29.1 Å². The minimum atomic E-state index is -0.0300. The molecule has 0 aliphatic heterocycles. The summed E-state index contributed by atoms with van der Waals surface area (Å²) in [4.78, 5) is 11.2. The van der Waals surface area contributed by atoms with Gasteiger partial charge in [0.25, 0.3) is 0 Å². The van der Waals surface area contributed by atoms with E-state index in [1.165, 1.54) is 6.92 Å². The fraction of sp³-hybridized carbons (Fsp3) is 0.250. The number of hydrogen-bond acceptors (Lipinski definition) is 2. The number of carbonyl (C=O) groups is 1. The van der Waals surface area contributed by atoms with Crippen LogP contribution in [0.1, 0.15) is 13.8 Å². The molecule has 0 radical (unpaired) electrons. The zero-order valence-electron chi connectivity index (χ0n) is 8.63. The van der Waals surface area contributed by atoms with E-state index in [4.69, 9.17) is 6.42 Å². The Labute approximate surface area is 85.4 Å². The molecule has 74 valence electrons. The highest BCUT2D eigenvalue weighted by Gasteiger charge is 2.05. The third kappa shape index (κ3) is 4.32. The molecular weight excluding hydrogens is 174 g/mol. The first-order chi connectivity index (χ1) is 6.63. The first-order valence-corrected chi connectivity index (χ1v) is 4.34. The molecule has 0 bridgehead atoms. The molecule has 0 saturated heterocycles. The fourth-order valence-corrected chi connectivity index (χ4v) is 0.876. The van der Waals surface area contributed by atoms with Gasteiger partial charge in [0.15, 0.2) is 5.78 Å². The van der Waals surface area contributed by atoms with Crippen molar-refractivity contribution in [3.63, 3.8) is 0 Å². The third-order valence-electron chi connectivity index (χ3n) is 1.56. The van der Waals surface area contributed by atoms with Crippen LogP contribution < -0.4 is 5.32 Å². The van der Waals surface area contributed by atoms with E-state index in [-0.39, 0.29) is 5.78 Å². The van der Waals surface area contributed by atoms with Crippen LogP contribution in [0.4, 0.5) is 0 Å². The lowest BCUT2D eigenvalue weighted by Crippen LogP contribution is -2.17. The normalized spacial score (nSPS) is 11.1. The second-order valence-electron chi connectivity index (χ2n) is 2.70. The fourth-order valence-electron chi connectivity index (χ4n) is 0.876. The molecule has 0 aromatic heterocycles. The summed E-state index contributed by atoms with van der Waals surface area (Å²) in [5, 5.41) is 2.87. The van der Waals surface area contributed by atoms with Gasteiger partial charge in [-0.3, -0.25) is 4.79 Å². The van der Waals surface area contributed by atoms with Gasteiger partial charge in [-0.05, 0) is 19.9 Å². The number of nitrogens with one attached hydrogen (secondary N) is 1. The van der Waals surface area contributed by atoms with Crippen LogP contribution >= 0.6 is 0 Å². The molecule has 0 fully saturated rings. The molecule has 0 saturated carbocycles. The Morgan fingerprint density at radius 2 is 2.29 bits per heavy atom. The van der Waals surface area contributed by atoms with E-state index in [0.717, 1.165) is 0 Å². The van der Waals surface area contributed by atoms with E-state index in [9.17, 15) is 4.79 Å². The Balaban J connectivity index is 4.60. The van der Waals surface area contributed by atoms with Gasteiger partial charge in [0.05, 0.1) is 6.54 Å². The molecule has 0 atom stereocenters. The third-order valence-corrected chi connectivity index (χ3v) is 1.56. The van der Waals surface area contributed by atoms with E-state index in [1.54, 1.807) is 12.2 Å². The Morgan fingerprint density at radius 1 is 1.64 bits per heavy atom. The van der Waals surface area contributed by atoms with Gasteiger partial charge >= 0.3 is 0 Å². The van der Waals surface area contributed by atoms with Gasteiger partial charge in [-0.25, -0.2) is 0 Å². The van der Waals surface area contributed by atoms with Crippen molar-refractivity contribution in [3.8, 4) is 12.3 Å². The van der Waals surface area contributed by atoms with Crippen LogP contribution in [0.5, 0.6) is 0 Å². The van der Waals surface area contributed by atoms with Crippen LogP contribution in [-0.2, 0) is 4.79 Å². The Bertz CT molecular complexity index is 316. The second kappa shape index (κ2) is 6.73. The summed E-state index contributed by atoms with van der Waals surface area (Å²) in [5.41, 5.74) is 1.12. The lowest BCUT2D eigenvalue weighted by atomic mass is 10.1. The molecule has 0 amide bonds. The molecule has 0 heterocycles. The quantitative estimate of drug-likeness (QED) is 0.406. The van der Waals surface area contributed by atoms with E-state index in [0.29, 0.717) is 17.8 Å². The van der Waals surface area contributed by atoms with Gasteiger partial charge in [0.2, 0.25) is 0 Å². The molecule has 2 nitrogen and oxygen atoms in total. The van der Waals surface area contributed by atoms with Crippen molar-refractivity contribution in [1.29, 1.82) is 0 Å². The molecule has 0 aromatic carbocycles. The van der Waals surface area contributed by atoms with Crippen molar-refractivity contribution >= 4 is 5.78 Å². The minimum absolute atomic E-state index is 0.0300. The average molecular weight is 189 g/mol. The summed E-state index contributed by atoms with van der Waals surface area (Å²) in [6.45, 7) is 7.49. The van der Waals surface area contributed by atoms with Crippen LogP contribution in [-0.4, -0.2) is 12.3 Å². The first kappa shape index (κ1) is 12.2. The van der Waals surface area contributed by atoms with Crippen molar-refractivity contribution in [2.45, 2.75) is 13.8 Å². The summed E-state index contributed by atoms with van der Waals surface area (Å²) in [5.74, 6) is 2.39. The van der Waals surface area contributed by atoms with Crippen molar-refractivity contribution in [2.75, 3.05) is 6.54 Å². The standard InChI is InChI=1S/C12H15NO/c1-5-7-8-12(11(4)14)10(3)13-9-6-2/h2,5,7-8,13H,3,9H2,1,4H3/b7-5-,12-8-. The van der Waals surface area contributed by atoms with Crippen molar-refractivity contribution in [1.82, 2.24) is 5.32 Å². The predicted octanol–water partition coefficient (Wildman–Crippen LogP) is 1.81. The molecule has 14 heavy (non-hydrogen) atoms. The second-order valence-corrected chi connectivity index (χ2v) is 2.70. The lowest BCUT2D eigenvalue weighted by molar-refractivity contribution is -0.113. The van der Waals surface area contributed by atoms with Crippen LogP contribution in [0.2, 0.25) is 0 Å². The Kier molecular flexibility index (Phi) is 5.89. The number of rotatable bonds is 5. The highest BCUT2D eigenvalue weighted by atomic mass is 16.1. The summed E-state index contributed by atoms with van der Waals surface area (Å²) in [6, 6.07) is 0. The molecule has 0 rings (SSSR count). The Hall–Kier alpha value is -1.75. The zero-order valence-corrected chi connectivity index (χ0v) is 8.63. The number of ketones is 1. The summed E-state index contributed by atoms with van der Waals surface area (Å²) < 4.78 is 0. The predicted molar refractivity (Wildman–Crippen MR) is 59.6 cm³/mol. The average Bonchev–Trinajstić information content (AvgIpc) is 2.14. The van der Waals surface area contributed by atoms with Crippen LogP contribution in [0, 0.1) is 12.3 Å². The van der Waals surface area contributed by atoms with E-state index in [1.807, 2.05) is 13.0 Å². The summed E-state index contributed by atoms with van der Waals surface area (Å²) >= 11 is 0. The van der Waals surface area contributed by atoms with Crippen LogP contribution in [0.25, 0.3) is 0 Å². The van der Waals surface area contributed by atoms with Gasteiger partial charge in [-0.15, -0.1) is 6.42 Å². The number of carbonyl (C=O) groups excluding carboxylic acids is 1. The molecule has 0 spiro atoms. The van der Waals surface area contributed by atoms with Crippen LogP contribution in [0.15, 0.2) is 36.1 Å². The molecule has 0 aliphatic rings. The molecule has 0 aromatic rings. The lowest BCUT2D eigenvalue weighted by Gasteiger charge is -2.07. The number of Topliss-reactive ketones (excluding diaryl/α,β-unsaturated/α-hetero) is 1. The SMILES string of the molecule is C#CCNC(=C)/C(=C/C=C\C)C(C)=O. The molecule has 0 aliphatic carbocycles. The summed E-state index contributed by atoms with van der Waals surface area (Å²) in [6.07, 6.45) is 10.4. The maximum atomic E-state index is 11.2. The highest BCUT2D eigenvalue weighted by molar-refractivity contribution is 5.97. The van der Waals surface area contributed by atoms with E-state index < -0.39 is 0 Å². The van der Waals surface area contributed by atoms with Gasteiger partial charge in [-0.2, -0.15) is 0 Å². The van der Waals surface area contributed by atoms with Gasteiger partial charge in [0.1, 0.15) is 0 Å².